The molecule has 0 aliphatic carbocycles. The van der Waals surface area contributed by atoms with Gasteiger partial charge in [-0.05, 0) is 62.4 Å². The Labute approximate surface area is 228 Å². The molecule has 0 radical (unpaired) electrons. The molecule has 0 aromatic heterocycles. The van der Waals surface area contributed by atoms with Crippen LogP contribution in [0.5, 0.6) is 0 Å². The number of rotatable bonds is 8. The second-order valence-corrected chi connectivity index (χ2v) is 11.3. The van der Waals surface area contributed by atoms with Gasteiger partial charge in [0.1, 0.15) is 5.82 Å². The van der Waals surface area contributed by atoms with Gasteiger partial charge >= 0.3 is 6.03 Å². The smallest absolute Gasteiger partial charge is 0.322 e. The Balaban J connectivity index is 1.31. The second kappa shape index (κ2) is 12.3. The van der Waals surface area contributed by atoms with Crippen LogP contribution in [0.1, 0.15) is 13.8 Å². The lowest BCUT2D eigenvalue weighted by Crippen LogP contribution is -2.50. The highest BCUT2D eigenvalue weighted by atomic mass is 32.2. The van der Waals surface area contributed by atoms with Crippen LogP contribution < -0.4 is 15.5 Å². The summed E-state index contributed by atoms with van der Waals surface area (Å²) in [6.45, 7) is 5.28. The van der Waals surface area contributed by atoms with Crippen molar-refractivity contribution in [2.75, 3.05) is 48.3 Å². The number of carbonyl (C=O) groups is 2. The summed E-state index contributed by atoms with van der Waals surface area (Å²) in [6.07, 6.45) is 0. The Morgan fingerprint density at radius 1 is 0.872 bits per heavy atom. The summed E-state index contributed by atoms with van der Waals surface area (Å²) in [5.41, 5.74) is 1.63. The van der Waals surface area contributed by atoms with Gasteiger partial charge in [-0.2, -0.15) is 4.31 Å². The third-order valence-electron chi connectivity index (χ3n) is 6.42. The molecule has 1 fully saturated rings. The SMILES string of the molecule is CC(C)N(CC(=O)Nc1ccc(N2CCN(C(=O)Nc3ccccc3F)CC2)cc1)S(=O)(=O)c1ccccc1. The molecule has 0 unspecified atom stereocenters. The van der Waals surface area contributed by atoms with Gasteiger partial charge in [-0.25, -0.2) is 17.6 Å². The lowest BCUT2D eigenvalue weighted by molar-refractivity contribution is -0.116. The number of benzene rings is 3. The number of halogens is 1. The van der Waals surface area contributed by atoms with Crippen LogP contribution in [0, 0.1) is 5.82 Å². The number of hydrogen-bond acceptors (Lipinski definition) is 5. The zero-order chi connectivity index (χ0) is 28.0. The monoisotopic (exact) mass is 553 g/mol. The Morgan fingerprint density at radius 2 is 1.49 bits per heavy atom. The highest BCUT2D eigenvalue weighted by molar-refractivity contribution is 7.89. The molecule has 0 spiro atoms. The predicted molar refractivity (Wildman–Crippen MR) is 150 cm³/mol. The molecule has 1 aliphatic rings. The van der Waals surface area contributed by atoms with E-state index in [1.54, 1.807) is 61.2 Å². The van der Waals surface area contributed by atoms with E-state index in [1.807, 2.05) is 12.1 Å². The van der Waals surface area contributed by atoms with Crippen molar-refractivity contribution in [2.45, 2.75) is 24.8 Å². The quantitative estimate of drug-likeness (QED) is 0.435. The van der Waals surface area contributed by atoms with Gasteiger partial charge in [0.25, 0.3) is 0 Å². The molecule has 2 N–H and O–H groups in total. The van der Waals surface area contributed by atoms with Crippen LogP contribution >= 0.6 is 0 Å². The van der Waals surface area contributed by atoms with Crippen molar-refractivity contribution in [3.8, 4) is 0 Å². The van der Waals surface area contributed by atoms with E-state index < -0.39 is 27.8 Å². The van der Waals surface area contributed by atoms with E-state index in [2.05, 4.69) is 15.5 Å². The van der Waals surface area contributed by atoms with Crippen molar-refractivity contribution >= 4 is 39.0 Å². The first kappa shape index (κ1) is 28.1. The Morgan fingerprint density at radius 3 is 2.10 bits per heavy atom. The van der Waals surface area contributed by atoms with Crippen LogP contribution in [0.15, 0.2) is 83.8 Å². The number of nitrogens with one attached hydrogen (secondary N) is 2. The molecular weight excluding hydrogens is 521 g/mol. The highest BCUT2D eigenvalue weighted by Crippen LogP contribution is 2.22. The maximum absolute atomic E-state index is 13.8. The van der Waals surface area contributed by atoms with Crippen LogP contribution in [0.25, 0.3) is 0 Å². The largest absolute Gasteiger partial charge is 0.368 e. The van der Waals surface area contributed by atoms with E-state index in [0.29, 0.717) is 31.9 Å². The van der Waals surface area contributed by atoms with E-state index in [1.165, 1.54) is 28.6 Å². The molecule has 0 bridgehead atoms. The van der Waals surface area contributed by atoms with Crippen molar-refractivity contribution < 1.29 is 22.4 Å². The van der Waals surface area contributed by atoms with Crippen molar-refractivity contribution in [1.82, 2.24) is 9.21 Å². The van der Waals surface area contributed by atoms with Gasteiger partial charge in [0, 0.05) is 43.6 Å². The molecule has 0 atom stereocenters. The summed E-state index contributed by atoms with van der Waals surface area (Å²) < 4.78 is 41.1. The lowest BCUT2D eigenvalue weighted by atomic mass is 10.2. The first-order valence-corrected chi connectivity index (χ1v) is 14.1. The summed E-state index contributed by atoms with van der Waals surface area (Å²) >= 11 is 0. The number of hydrogen-bond donors (Lipinski definition) is 2. The molecule has 1 aliphatic heterocycles. The zero-order valence-electron chi connectivity index (χ0n) is 21.9. The topological polar surface area (TPSA) is 102 Å². The number of carbonyl (C=O) groups excluding carboxylic acids is 2. The number of sulfonamides is 1. The average molecular weight is 554 g/mol. The minimum absolute atomic E-state index is 0.140. The van der Waals surface area contributed by atoms with E-state index in [0.717, 1.165) is 5.69 Å². The van der Waals surface area contributed by atoms with Crippen LogP contribution in [-0.4, -0.2) is 68.3 Å². The number of anilines is 3. The fourth-order valence-corrected chi connectivity index (χ4v) is 5.91. The molecule has 1 heterocycles. The minimum Gasteiger partial charge on any atom is -0.368 e. The number of urea groups is 1. The van der Waals surface area contributed by atoms with Gasteiger partial charge in [0.2, 0.25) is 15.9 Å². The Kier molecular flexibility index (Phi) is 8.82. The molecule has 3 amide bonds. The maximum Gasteiger partial charge on any atom is 0.322 e. The molecule has 4 rings (SSSR count). The lowest BCUT2D eigenvalue weighted by Gasteiger charge is -2.36. The van der Waals surface area contributed by atoms with E-state index >= 15 is 0 Å². The molecule has 0 saturated carbocycles. The fourth-order valence-electron chi connectivity index (χ4n) is 4.30. The van der Waals surface area contributed by atoms with Crippen molar-refractivity contribution in [1.29, 1.82) is 0 Å². The molecule has 1 saturated heterocycles. The van der Waals surface area contributed by atoms with E-state index in [9.17, 15) is 22.4 Å². The molecule has 206 valence electrons. The summed E-state index contributed by atoms with van der Waals surface area (Å²) in [5.74, 6) is -0.920. The maximum atomic E-state index is 13.8. The van der Waals surface area contributed by atoms with Gasteiger partial charge in [-0.15, -0.1) is 0 Å². The molecule has 3 aromatic carbocycles. The standard InChI is InChI=1S/C28H32FN5O4S/c1-21(2)34(39(37,38)24-8-4-3-5-9-24)20-27(35)30-22-12-14-23(15-13-22)32-16-18-33(19-17-32)28(36)31-26-11-7-6-10-25(26)29/h3-15,21H,16-20H2,1-2H3,(H,30,35)(H,31,36). The van der Waals surface area contributed by atoms with Crippen molar-refractivity contribution in [2.24, 2.45) is 0 Å². The van der Waals surface area contributed by atoms with Crippen LogP contribution in [-0.2, 0) is 14.8 Å². The predicted octanol–water partition coefficient (Wildman–Crippen LogP) is 4.22. The number of amides is 3. The molecule has 3 aromatic rings. The highest BCUT2D eigenvalue weighted by Gasteiger charge is 2.29. The normalized spacial score (nSPS) is 14.0. The van der Waals surface area contributed by atoms with Gasteiger partial charge in [0.15, 0.2) is 0 Å². The van der Waals surface area contributed by atoms with Gasteiger partial charge < -0.3 is 20.4 Å². The summed E-state index contributed by atoms with van der Waals surface area (Å²) in [7, 11) is -3.82. The molecule has 39 heavy (non-hydrogen) atoms. The third kappa shape index (κ3) is 6.92. The fraction of sp³-hybridized carbons (Fsp3) is 0.286. The Bertz CT molecular complexity index is 1390. The van der Waals surface area contributed by atoms with E-state index in [-0.39, 0.29) is 23.2 Å². The Hall–Kier alpha value is -3.96. The van der Waals surface area contributed by atoms with Gasteiger partial charge in [0.05, 0.1) is 17.1 Å². The van der Waals surface area contributed by atoms with Crippen LogP contribution in [0.2, 0.25) is 0 Å². The van der Waals surface area contributed by atoms with Crippen LogP contribution in [0.4, 0.5) is 26.2 Å². The summed E-state index contributed by atoms with van der Waals surface area (Å²) in [4.78, 5) is 29.2. The van der Waals surface area contributed by atoms with Crippen LogP contribution in [0.3, 0.4) is 0 Å². The van der Waals surface area contributed by atoms with Crippen molar-refractivity contribution in [3.05, 3.63) is 84.7 Å². The van der Waals surface area contributed by atoms with Gasteiger partial charge in [-0.1, -0.05) is 30.3 Å². The van der Waals surface area contributed by atoms with Crippen molar-refractivity contribution in [3.63, 3.8) is 0 Å². The third-order valence-corrected chi connectivity index (χ3v) is 8.46. The number of piperazine rings is 1. The first-order valence-electron chi connectivity index (χ1n) is 12.7. The number of nitrogens with zero attached hydrogens (tertiary/aromatic N) is 3. The zero-order valence-corrected chi connectivity index (χ0v) is 22.7. The molecule has 9 nitrogen and oxygen atoms in total. The molecule has 11 heteroatoms. The second-order valence-electron chi connectivity index (χ2n) is 9.44. The van der Waals surface area contributed by atoms with Gasteiger partial charge in [-0.3, -0.25) is 4.79 Å². The average Bonchev–Trinajstić information content (AvgIpc) is 2.94. The summed E-state index contributed by atoms with van der Waals surface area (Å²) in [6, 6.07) is 20.6. The first-order chi connectivity index (χ1) is 18.6. The minimum atomic E-state index is -3.82. The number of para-hydroxylation sites is 1. The van der Waals surface area contributed by atoms with E-state index in [4.69, 9.17) is 0 Å². The molecular formula is C28H32FN5O4S. The summed E-state index contributed by atoms with van der Waals surface area (Å²) in [5, 5.41) is 5.39.